The van der Waals surface area contributed by atoms with Gasteiger partial charge in [0.2, 0.25) is 5.95 Å². The lowest BCUT2D eigenvalue weighted by atomic mass is 10.0. The number of aromatic amines is 1. The van der Waals surface area contributed by atoms with Gasteiger partial charge in [-0.3, -0.25) is 9.78 Å². The standard InChI is InChI=1S/C14H12ClN3OS/c1-6-5-8(3-4-9(6)15)10-7(2)20-13-11(10)12(19)17-14(16)18-13/h3-5H,1-2H3,(H3,16,17,18,19). The number of halogens is 1. The van der Waals surface area contributed by atoms with Crippen molar-refractivity contribution in [3.63, 3.8) is 0 Å². The highest BCUT2D eigenvalue weighted by atomic mass is 35.5. The summed E-state index contributed by atoms with van der Waals surface area (Å²) in [5, 5.41) is 1.30. The van der Waals surface area contributed by atoms with E-state index in [0.717, 1.165) is 21.6 Å². The molecule has 1 aromatic carbocycles. The first-order valence-corrected chi connectivity index (χ1v) is 7.22. The van der Waals surface area contributed by atoms with Crippen molar-refractivity contribution in [1.29, 1.82) is 0 Å². The fraction of sp³-hybridized carbons (Fsp3) is 0.143. The summed E-state index contributed by atoms with van der Waals surface area (Å²) in [5.41, 5.74) is 8.22. The van der Waals surface area contributed by atoms with Gasteiger partial charge in [-0.25, -0.2) is 4.98 Å². The Morgan fingerprint density at radius 3 is 2.80 bits per heavy atom. The van der Waals surface area contributed by atoms with Crippen LogP contribution in [-0.4, -0.2) is 9.97 Å². The molecule has 0 spiro atoms. The van der Waals surface area contributed by atoms with Gasteiger partial charge >= 0.3 is 0 Å². The molecule has 0 fully saturated rings. The summed E-state index contributed by atoms with van der Waals surface area (Å²) in [5.74, 6) is 0.141. The molecule has 0 aliphatic heterocycles. The Kier molecular flexibility index (Phi) is 3.03. The molecule has 0 unspecified atom stereocenters. The van der Waals surface area contributed by atoms with Crippen LogP contribution >= 0.6 is 22.9 Å². The van der Waals surface area contributed by atoms with E-state index in [0.29, 0.717) is 15.2 Å². The van der Waals surface area contributed by atoms with Gasteiger partial charge < -0.3 is 5.73 Å². The molecule has 0 radical (unpaired) electrons. The predicted octanol–water partition coefficient (Wildman–Crippen LogP) is 3.50. The highest BCUT2D eigenvalue weighted by molar-refractivity contribution is 7.19. The average Bonchev–Trinajstić information content (AvgIpc) is 2.69. The highest BCUT2D eigenvalue weighted by Crippen LogP contribution is 2.36. The van der Waals surface area contributed by atoms with Gasteiger partial charge in [0.1, 0.15) is 4.83 Å². The van der Waals surface area contributed by atoms with Crippen molar-refractivity contribution in [2.75, 3.05) is 5.73 Å². The summed E-state index contributed by atoms with van der Waals surface area (Å²) in [6, 6.07) is 5.74. The Hall–Kier alpha value is -1.85. The van der Waals surface area contributed by atoms with Crippen LogP contribution in [0.2, 0.25) is 5.02 Å². The number of aromatic nitrogens is 2. The zero-order valence-corrected chi connectivity index (χ0v) is 12.5. The summed E-state index contributed by atoms with van der Waals surface area (Å²) in [7, 11) is 0. The third kappa shape index (κ3) is 1.99. The Balaban J connectivity index is 2.38. The number of nitrogens with one attached hydrogen (secondary N) is 1. The second-order valence-corrected chi connectivity index (χ2v) is 6.24. The molecule has 2 aromatic heterocycles. The molecule has 102 valence electrons. The number of hydrogen-bond donors (Lipinski definition) is 2. The number of hydrogen-bond acceptors (Lipinski definition) is 4. The number of nitrogens with zero attached hydrogens (tertiary/aromatic N) is 1. The number of rotatable bonds is 1. The molecule has 4 nitrogen and oxygen atoms in total. The summed E-state index contributed by atoms with van der Waals surface area (Å²) >= 11 is 7.53. The summed E-state index contributed by atoms with van der Waals surface area (Å²) in [6.45, 7) is 3.91. The van der Waals surface area contributed by atoms with Gasteiger partial charge in [-0.15, -0.1) is 11.3 Å². The van der Waals surface area contributed by atoms with Gasteiger partial charge in [0, 0.05) is 15.5 Å². The minimum atomic E-state index is -0.209. The number of nitrogens with two attached hydrogens (primary N) is 1. The molecule has 3 N–H and O–H groups in total. The minimum Gasteiger partial charge on any atom is -0.369 e. The Labute approximate surface area is 124 Å². The number of thiophene rings is 1. The first-order chi connectivity index (χ1) is 9.47. The lowest BCUT2D eigenvalue weighted by Crippen LogP contribution is -2.10. The van der Waals surface area contributed by atoms with Crippen LogP contribution in [0.15, 0.2) is 23.0 Å². The zero-order chi connectivity index (χ0) is 14.4. The molecule has 0 saturated heterocycles. The van der Waals surface area contributed by atoms with Crippen LogP contribution in [0.3, 0.4) is 0 Å². The van der Waals surface area contributed by atoms with E-state index < -0.39 is 0 Å². The van der Waals surface area contributed by atoms with Crippen LogP contribution < -0.4 is 11.3 Å². The second kappa shape index (κ2) is 4.61. The maximum absolute atomic E-state index is 12.2. The molecular formula is C14H12ClN3OS. The number of anilines is 1. The van der Waals surface area contributed by atoms with E-state index in [2.05, 4.69) is 9.97 Å². The van der Waals surface area contributed by atoms with Gasteiger partial charge in [-0.1, -0.05) is 17.7 Å². The first-order valence-electron chi connectivity index (χ1n) is 6.03. The van der Waals surface area contributed by atoms with Gasteiger partial charge in [0.15, 0.2) is 0 Å². The van der Waals surface area contributed by atoms with Crippen molar-refractivity contribution in [2.24, 2.45) is 0 Å². The third-order valence-electron chi connectivity index (χ3n) is 3.20. The maximum Gasteiger partial charge on any atom is 0.261 e. The molecule has 2 heterocycles. The van der Waals surface area contributed by atoms with Crippen LogP contribution in [0, 0.1) is 13.8 Å². The molecule has 0 saturated carbocycles. The van der Waals surface area contributed by atoms with Gasteiger partial charge in [0.25, 0.3) is 5.56 Å². The molecule has 0 atom stereocenters. The number of H-pyrrole nitrogens is 1. The smallest absolute Gasteiger partial charge is 0.261 e. The van der Waals surface area contributed by atoms with Crippen molar-refractivity contribution >= 4 is 39.1 Å². The number of nitrogen functional groups attached to an aromatic ring is 1. The lowest BCUT2D eigenvalue weighted by Gasteiger charge is -2.04. The van der Waals surface area contributed by atoms with Crippen molar-refractivity contribution in [1.82, 2.24) is 9.97 Å². The maximum atomic E-state index is 12.2. The molecule has 0 aliphatic carbocycles. The van der Waals surface area contributed by atoms with Gasteiger partial charge in [0.05, 0.1) is 5.39 Å². The fourth-order valence-electron chi connectivity index (χ4n) is 2.28. The SMILES string of the molecule is Cc1cc(-c2c(C)sc3nc(N)[nH]c(=O)c23)ccc1Cl. The molecule has 0 amide bonds. The summed E-state index contributed by atoms with van der Waals surface area (Å²) in [6.07, 6.45) is 0. The van der Waals surface area contributed by atoms with Crippen LogP contribution in [0.1, 0.15) is 10.4 Å². The van der Waals surface area contributed by atoms with E-state index in [1.54, 1.807) is 0 Å². The van der Waals surface area contributed by atoms with E-state index in [-0.39, 0.29) is 11.5 Å². The van der Waals surface area contributed by atoms with Crippen molar-refractivity contribution < 1.29 is 0 Å². The van der Waals surface area contributed by atoms with Crippen molar-refractivity contribution in [3.05, 3.63) is 44.0 Å². The van der Waals surface area contributed by atoms with Crippen molar-refractivity contribution in [2.45, 2.75) is 13.8 Å². The molecule has 6 heteroatoms. The monoisotopic (exact) mass is 305 g/mol. The Bertz CT molecular complexity index is 882. The van der Waals surface area contributed by atoms with Gasteiger partial charge in [-0.05, 0) is 37.1 Å². The molecule has 20 heavy (non-hydrogen) atoms. The highest BCUT2D eigenvalue weighted by Gasteiger charge is 2.16. The minimum absolute atomic E-state index is 0.141. The van der Waals surface area contributed by atoms with Crippen molar-refractivity contribution in [3.8, 4) is 11.1 Å². The fourth-order valence-corrected chi connectivity index (χ4v) is 3.45. The van der Waals surface area contributed by atoms with E-state index in [1.807, 2.05) is 32.0 Å². The average molecular weight is 306 g/mol. The summed E-state index contributed by atoms with van der Waals surface area (Å²) < 4.78 is 0. The first kappa shape index (κ1) is 13.1. The van der Waals surface area contributed by atoms with Crippen LogP contribution in [0.5, 0.6) is 0 Å². The Morgan fingerprint density at radius 2 is 2.10 bits per heavy atom. The van der Waals surface area contributed by atoms with E-state index in [1.165, 1.54) is 11.3 Å². The summed E-state index contributed by atoms with van der Waals surface area (Å²) in [4.78, 5) is 20.6. The molecule has 3 aromatic rings. The third-order valence-corrected chi connectivity index (χ3v) is 4.63. The van der Waals surface area contributed by atoms with E-state index in [4.69, 9.17) is 17.3 Å². The van der Waals surface area contributed by atoms with Crippen LogP contribution in [-0.2, 0) is 0 Å². The molecule has 3 rings (SSSR count). The largest absolute Gasteiger partial charge is 0.369 e. The quantitative estimate of drug-likeness (QED) is 0.722. The van der Waals surface area contributed by atoms with E-state index in [9.17, 15) is 4.79 Å². The topological polar surface area (TPSA) is 71.8 Å². The molecule has 0 bridgehead atoms. The molecule has 0 aliphatic rings. The van der Waals surface area contributed by atoms with Gasteiger partial charge in [-0.2, -0.15) is 0 Å². The number of aryl methyl sites for hydroxylation is 2. The zero-order valence-electron chi connectivity index (χ0n) is 11.0. The van der Waals surface area contributed by atoms with E-state index >= 15 is 0 Å². The second-order valence-electron chi connectivity index (χ2n) is 4.63. The van der Waals surface area contributed by atoms with Crippen LogP contribution in [0.25, 0.3) is 21.3 Å². The normalized spacial score (nSPS) is 11.2. The van der Waals surface area contributed by atoms with Crippen LogP contribution in [0.4, 0.5) is 5.95 Å². The number of benzene rings is 1. The lowest BCUT2D eigenvalue weighted by molar-refractivity contribution is 1.20. The molecular weight excluding hydrogens is 294 g/mol. The predicted molar refractivity (Wildman–Crippen MR) is 84.6 cm³/mol. The number of fused-ring (bicyclic) bond motifs is 1. The Morgan fingerprint density at radius 1 is 1.35 bits per heavy atom.